The van der Waals surface area contributed by atoms with Gasteiger partial charge in [0.1, 0.15) is 28.8 Å². The van der Waals surface area contributed by atoms with E-state index >= 15 is 0 Å². The number of aliphatic hydroxyl groups excluding tert-OH is 1. The van der Waals surface area contributed by atoms with Gasteiger partial charge in [0.25, 0.3) is 5.91 Å². The van der Waals surface area contributed by atoms with Crippen LogP contribution in [0.2, 0.25) is 5.02 Å². The second kappa shape index (κ2) is 12.6. The van der Waals surface area contributed by atoms with Crippen molar-refractivity contribution in [3.63, 3.8) is 0 Å². The summed E-state index contributed by atoms with van der Waals surface area (Å²) >= 11 is 7.06. The van der Waals surface area contributed by atoms with Gasteiger partial charge < -0.3 is 19.3 Å². The summed E-state index contributed by atoms with van der Waals surface area (Å²) in [4.78, 5) is 29.8. The second-order valence-electron chi connectivity index (χ2n) is 8.05. The van der Waals surface area contributed by atoms with E-state index in [2.05, 4.69) is 4.99 Å². The van der Waals surface area contributed by atoms with E-state index < -0.39 is 11.9 Å². The van der Waals surface area contributed by atoms with Gasteiger partial charge >= 0.3 is 5.97 Å². The molecule has 4 rings (SSSR count). The highest BCUT2D eigenvalue weighted by molar-refractivity contribution is 8.18. The summed E-state index contributed by atoms with van der Waals surface area (Å²) in [5.41, 5.74) is 0.933. The van der Waals surface area contributed by atoms with Crippen LogP contribution >= 0.6 is 23.4 Å². The molecule has 1 heterocycles. The van der Waals surface area contributed by atoms with Crippen LogP contribution in [-0.4, -0.2) is 35.7 Å². The monoisotopic (exact) mass is 567 g/mol. The van der Waals surface area contributed by atoms with Gasteiger partial charge in [0.2, 0.25) is 0 Å². The standard InChI is InChI=1S/C29H23ClFNO6S/c1-3-37-29(35)25-26(33)24(39-28(25)32-27(34)19-9-5-6-10-20(19)30)15-17-12-13-22(23(14-17)36-2)38-16-18-8-4-7-11-21(18)31/h4-15,33H,3,16H2,1-2H3/b24-15-,32-28?. The molecule has 0 radical (unpaired) electrons. The van der Waals surface area contributed by atoms with Gasteiger partial charge in [-0.15, -0.1) is 0 Å². The van der Waals surface area contributed by atoms with E-state index in [1.165, 1.54) is 19.2 Å². The number of aliphatic imine (C=N–C) groups is 1. The molecule has 0 bridgehead atoms. The molecular weight excluding hydrogens is 545 g/mol. The van der Waals surface area contributed by atoms with Crippen molar-refractivity contribution >= 4 is 46.4 Å². The molecule has 1 aliphatic heterocycles. The summed E-state index contributed by atoms with van der Waals surface area (Å²) < 4.78 is 30.2. The minimum atomic E-state index is -0.814. The largest absolute Gasteiger partial charge is 0.506 e. The molecule has 3 aromatic carbocycles. The van der Waals surface area contributed by atoms with E-state index in [0.717, 1.165) is 11.8 Å². The predicted octanol–water partition coefficient (Wildman–Crippen LogP) is 6.77. The first-order chi connectivity index (χ1) is 18.8. The Hall–Kier alpha value is -4.08. The van der Waals surface area contributed by atoms with Crippen LogP contribution in [0.3, 0.4) is 0 Å². The first-order valence-electron chi connectivity index (χ1n) is 11.7. The number of aliphatic hydroxyl groups is 1. The Kier molecular flexibility index (Phi) is 9.06. The topological polar surface area (TPSA) is 94.4 Å². The Labute approximate surface area is 233 Å². The smallest absolute Gasteiger partial charge is 0.344 e. The van der Waals surface area contributed by atoms with Crippen LogP contribution in [-0.2, 0) is 16.1 Å². The highest BCUT2D eigenvalue weighted by Crippen LogP contribution is 2.40. The van der Waals surface area contributed by atoms with Crippen LogP contribution in [0.4, 0.5) is 4.39 Å². The lowest BCUT2D eigenvalue weighted by molar-refractivity contribution is -0.138. The summed E-state index contributed by atoms with van der Waals surface area (Å²) in [7, 11) is 1.47. The zero-order valence-corrected chi connectivity index (χ0v) is 22.5. The van der Waals surface area contributed by atoms with Gasteiger partial charge in [0.05, 0.1) is 29.2 Å². The molecule has 0 unspecified atom stereocenters. The van der Waals surface area contributed by atoms with Gasteiger partial charge in [-0.3, -0.25) is 4.79 Å². The number of rotatable bonds is 8. The molecule has 200 valence electrons. The van der Waals surface area contributed by atoms with Crippen molar-refractivity contribution in [3.8, 4) is 11.5 Å². The highest BCUT2D eigenvalue weighted by Gasteiger charge is 2.34. The van der Waals surface area contributed by atoms with Gasteiger partial charge in [-0.2, -0.15) is 0 Å². The SMILES string of the molecule is CCOC(=O)C1=C(O)/C(=C/c2ccc(OCc3ccccc3F)c(OC)c2)SC1=NC(=O)c1ccccc1Cl. The maximum atomic E-state index is 13.9. The number of halogens is 2. The van der Waals surface area contributed by atoms with Gasteiger partial charge in [0.15, 0.2) is 11.5 Å². The highest BCUT2D eigenvalue weighted by atomic mass is 35.5. The quantitative estimate of drug-likeness (QED) is 0.300. The van der Waals surface area contributed by atoms with Crippen LogP contribution in [0.25, 0.3) is 6.08 Å². The Morgan fingerprint density at radius 2 is 1.82 bits per heavy atom. The Morgan fingerprint density at radius 1 is 1.08 bits per heavy atom. The van der Waals surface area contributed by atoms with Crippen LogP contribution in [0.15, 0.2) is 88.0 Å². The lowest BCUT2D eigenvalue weighted by atomic mass is 10.1. The van der Waals surface area contributed by atoms with Crippen LogP contribution < -0.4 is 9.47 Å². The number of thioether (sulfide) groups is 1. The molecule has 39 heavy (non-hydrogen) atoms. The molecule has 0 aliphatic carbocycles. The average Bonchev–Trinajstić information content (AvgIpc) is 3.22. The minimum absolute atomic E-state index is 0.00499. The summed E-state index contributed by atoms with van der Waals surface area (Å²) in [6, 6.07) is 17.7. The van der Waals surface area contributed by atoms with Crippen LogP contribution in [0.5, 0.6) is 11.5 Å². The molecule has 3 aromatic rings. The van der Waals surface area contributed by atoms with Crippen molar-refractivity contribution in [1.29, 1.82) is 0 Å². The number of nitrogens with zero attached hydrogens (tertiary/aromatic N) is 1. The molecule has 10 heteroatoms. The number of amides is 1. The maximum absolute atomic E-state index is 13.9. The predicted molar refractivity (Wildman–Crippen MR) is 149 cm³/mol. The van der Waals surface area contributed by atoms with Crippen molar-refractivity contribution in [2.75, 3.05) is 13.7 Å². The number of hydrogen-bond donors (Lipinski definition) is 1. The Bertz CT molecular complexity index is 1520. The summed E-state index contributed by atoms with van der Waals surface area (Å²) in [5, 5.41) is 11.1. The lowest BCUT2D eigenvalue weighted by Gasteiger charge is -2.12. The van der Waals surface area contributed by atoms with Crippen molar-refractivity contribution in [3.05, 3.63) is 110 Å². The van der Waals surface area contributed by atoms with E-state index in [4.69, 9.17) is 25.8 Å². The molecule has 0 atom stereocenters. The summed E-state index contributed by atoms with van der Waals surface area (Å²) in [6.45, 7) is 1.70. The van der Waals surface area contributed by atoms with Crippen molar-refractivity contribution in [2.24, 2.45) is 4.99 Å². The maximum Gasteiger partial charge on any atom is 0.344 e. The van der Waals surface area contributed by atoms with Crippen molar-refractivity contribution < 1.29 is 33.3 Å². The average molecular weight is 568 g/mol. The molecule has 0 saturated carbocycles. The van der Waals surface area contributed by atoms with E-state index in [1.807, 2.05) is 0 Å². The molecular formula is C29H23ClFNO6S. The zero-order chi connectivity index (χ0) is 27.9. The molecule has 7 nitrogen and oxygen atoms in total. The number of methoxy groups -OCH3 is 1. The first-order valence-corrected chi connectivity index (χ1v) is 12.9. The van der Waals surface area contributed by atoms with E-state index in [9.17, 15) is 19.1 Å². The Morgan fingerprint density at radius 3 is 2.54 bits per heavy atom. The molecule has 0 fully saturated rings. The van der Waals surface area contributed by atoms with Crippen molar-refractivity contribution in [1.82, 2.24) is 0 Å². The molecule has 0 aromatic heterocycles. The summed E-state index contributed by atoms with van der Waals surface area (Å²) in [6.07, 6.45) is 1.60. The fourth-order valence-corrected chi connectivity index (χ4v) is 4.82. The molecule has 1 amide bonds. The number of esters is 1. The number of benzene rings is 3. The molecule has 0 saturated heterocycles. The molecule has 1 aliphatic rings. The van der Waals surface area contributed by atoms with Gasteiger partial charge in [0, 0.05) is 5.56 Å². The third kappa shape index (κ3) is 6.50. The second-order valence-corrected chi connectivity index (χ2v) is 9.48. The lowest BCUT2D eigenvalue weighted by Crippen LogP contribution is -2.14. The van der Waals surface area contributed by atoms with E-state index in [-0.39, 0.29) is 50.9 Å². The van der Waals surface area contributed by atoms with Gasteiger partial charge in [-0.25, -0.2) is 14.2 Å². The zero-order valence-electron chi connectivity index (χ0n) is 20.9. The Balaban J connectivity index is 1.63. The van der Waals surface area contributed by atoms with Gasteiger partial charge in [-0.1, -0.05) is 59.8 Å². The minimum Gasteiger partial charge on any atom is -0.506 e. The molecule has 1 N–H and O–H groups in total. The van der Waals surface area contributed by atoms with Gasteiger partial charge in [-0.05, 0) is 48.9 Å². The molecule has 0 spiro atoms. The third-order valence-electron chi connectivity index (χ3n) is 5.50. The summed E-state index contributed by atoms with van der Waals surface area (Å²) in [5.74, 6) is -1.46. The fourth-order valence-electron chi connectivity index (χ4n) is 3.59. The number of hydrogen-bond acceptors (Lipinski definition) is 7. The normalized spacial score (nSPS) is 15.1. The number of carbonyl (C=O) groups excluding carboxylic acids is 2. The van der Waals surface area contributed by atoms with Crippen molar-refractivity contribution in [2.45, 2.75) is 13.5 Å². The number of carbonyl (C=O) groups is 2. The fraction of sp³-hybridized carbons (Fsp3) is 0.138. The van der Waals surface area contributed by atoms with E-state index in [1.54, 1.807) is 67.6 Å². The number of ether oxygens (including phenoxy) is 3. The third-order valence-corrected chi connectivity index (χ3v) is 6.85. The van der Waals surface area contributed by atoms with Crippen LogP contribution in [0.1, 0.15) is 28.4 Å². The first kappa shape index (κ1) is 27.9. The van der Waals surface area contributed by atoms with Crippen LogP contribution in [0, 0.1) is 5.82 Å². The van der Waals surface area contributed by atoms with E-state index in [0.29, 0.717) is 22.6 Å².